The number of ether oxygens (including phenoxy) is 4. The van der Waals surface area contributed by atoms with Gasteiger partial charge in [-0.1, -0.05) is 30.7 Å². The Morgan fingerprint density at radius 1 is 1.13 bits per heavy atom. The van der Waals surface area contributed by atoms with E-state index in [-0.39, 0.29) is 30.3 Å². The minimum absolute atomic E-state index is 0.140. The number of hydrogen-bond donors (Lipinski definition) is 2. The summed E-state index contributed by atoms with van der Waals surface area (Å²) in [4.78, 5) is 0. The first kappa shape index (κ1) is 19.4. The van der Waals surface area contributed by atoms with Crippen molar-refractivity contribution >= 4 is 5.71 Å². The Bertz CT molecular complexity index is 841. The molecule has 7 heteroatoms. The van der Waals surface area contributed by atoms with Crippen LogP contribution in [0.1, 0.15) is 46.0 Å². The highest BCUT2D eigenvalue weighted by Gasteiger charge is 2.76. The van der Waals surface area contributed by atoms with Crippen LogP contribution in [-0.4, -0.2) is 53.7 Å². The van der Waals surface area contributed by atoms with Crippen molar-refractivity contribution in [3.63, 3.8) is 0 Å². The predicted molar refractivity (Wildman–Crippen MR) is 107 cm³/mol. The normalized spacial score (nSPS) is 55.7. The molecule has 0 bridgehead atoms. The molecule has 6 aliphatic rings. The Morgan fingerprint density at radius 2 is 1.97 bits per heavy atom. The molecule has 0 aromatic heterocycles. The Labute approximate surface area is 176 Å². The van der Waals surface area contributed by atoms with Gasteiger partial charge in [0.15, 0.2) is 13.6 Å². The van der Waals surface area contributed by atoms with E-state index in [9.17, 15) is 10.3 Å². The van der Waals surface area contributed by atoms with Crippen LogP contribution in [-0.2, 0) is 18.9 Å². The third-order valence-corrected chi connectivity index (χ3v) is 9.62. The summed E-state index contributed by atoms with van der Waals surface area (Å²) in [6.07, 6.45) is 10.1. The first-order valence-electron chi connectivity index (χ1n) is 11.2. The Morgan fingerprint density at radius 3 is 2.73 bits per heavy atom. The number of nitrogens with zero attached hydrogens (tertiary/aromatic N) is 1. The van der Waals surface area contributed by atoms with Crippen LogP contribution in [0.2, 0.25) is 0 Å². The predicted octanol–water partition coefficient (Wildman–Crippen LogP) is 2.97. The largest absolute Gasteiger partial charge is 0.410 e. The van der Waals surface area contributed by atoms with Gasteiger partial charge in [-0.05, 0) is 56.1 Å². The van der Waals surface area contributed by atoms with Gasteiger partial charge in [0.05, 0.1) is 6.10 Å². The summed E-state index contributed by atoms with van der Waals surface area (Å²) in [6, 6.07) is 0. The number of hydrogen-bond acceptors (Lipinski definition) is 7. The van der Waals surface area contributed by atoms with Gasteiger partial charge in [0.1, 0.15) is 17.9 Å². The molecule has 0 radical (unpaired) electrons. The molecule has 2 spiro atoms. The molecule has 3 saturated carbocycles. The minimum Gasteiger partial charge on any atom is -0.410 e. The van der Waals surface area contributed by atoms with Gasteiger partial charge < -0.3 is 29.3 Å². The summed E-state index contributed by atoms with van der Waals surface area (Å²) in [6.45, 7) is 5.35. The molecule has 2 saturated heterocycles. The topological polar surface area (TPSA) is 89.7 Å². The molecule has 0 aromatic carbocycles. The zero-order valence-electron chi connectivity index (χ0n) is 17.7. The Balaban J connectivity index is 1.40. The third kappa shape index (κ3) is 2.11. The second-order valence-electron chi connectivity index (χ2n) is 10.5. The van der Waals surface area contributed by atoms with Gasteiger partial charge in [0, 0.05) is 16.7 Å². The lowest BCUT2D eigenvalue weighted by atomic mass is 9.46. The van der Waals surface area contributed by atoms with E-state index in [2.05, 4.69) is 25.1 Å². The van der Waals surface area contributed by atoms with Crippen LogP contribution < -0.4 is 0 Å². The fourth-order valence-electron chi connectivity index (χ4n) is 8.37. The van der Waals surface area contributed by atoms with Crippen molar-refractivity contribution in [3.05, 3.63) is 23.8 Å². The van der Waals surface area contributed by atoms with E-state index in [0.717, 1.165) is 25.7 Å². The summed E-state index contributed by atoms with van der Waals surface area (Å²) in [5.74, 6) is 0.0971. The molecular formula is C23H31NO6. The molecule has 6 rings (SSSR count). The number of fused-ring (bicyclic) bond motifs is 7. The van der Waals surface area contributed by atoms with Crippen LogP contribution in [0.4, 0.5) is 0 Å². The maximum Gasteiger partial charge on any atom is 0.226 e. The van der Waals surface area contributed by atoms with Gasteiger partial charge in [0.2, 0.25) is 5.79 Å². The summed E-state index contributed by atoms with van der Waals surface area (Å²) in [5, 5.41) is 24.2. The van der Waals surface area contributed by atoms with E-state index in [1.54, 1.807) is 0 Å². The minimum atomic E-state index is -0.857. The number of aliphatic hydroxyl groups is 1. The van der Waals surface area contributed by atoms with Crippen LogP contribution >= 0.6 is 0 Å². The van der Waals surface area contributed by atoms with E-state index in [1.165, 1.54) is 5.57 Å². The standard InChI is InChI=1S/C23H31NO6/c1-20-7-5-15(24-26)9-14(20)3-4-16-17-6-8-22(21(17,2)10-18(25)19(16)20)23(30-13-28-22)11-27-12-29-23/h5,7,9,16-19,25-26H,3-4,6,8,10-13H2,1-2H3/t16?,17?,18?,19?,20-,21-,22+,23?/m0/s1. The smallest absolute Gasteiger partial charge is 0.226 e. The number of allylic oxidation sites excluding steroid dienone is 4. The number of rotatable bonds is 0. The van der Waals surface area contributed by atoms with Gasteiger partial charge in [0.25, 0.3) is 0 Å². The maximum atomic E-state index is 11.6. The van der Waals surface area contributed by atoms with Crippen LogP contribution in [0, 0.1) is 28.6 Å². The second-order valence-corrected chi connectivity index (χ2v) is 10.5. The van der Waals surface area contributed by atoms with Crippen LogP contribution in [0.5, 0.6) is 0 Å². The van der Waals surface area contributed by atoms with Gasteiger partial charge in [-0.15, -0.1) is 0 Å². The molecule has 0 amide bonds. The van der Waals surface area contributed by atoms with Crippen molar-refractivity contribution in [3.8, 4) is 0 Å². The average Bonchev–Trinajstić information content (AvgIpc) is 3.42. The Hall–Kier alpha value is -1.25. The first-order valence-corrected chi connectivity index (χ1v) is 11.2. The van der Waals surface area contributed by atoms with Gasteiger partial charge >= 0.3 is 0 Å². The van der Waals surface area contributed by atoms with Crippen molar-refractivity contribution in [1.29, 1.82) is 0 Å². The third-order valence-electron chi connectivity index (χ3n) is 9.62. The number of aliphatic hydroxyl groups excluding tert-OH is 1. The second kappa shape index (κ2) is 6.17. The van der Waals surface area contributed by atoms with Crippen molar-refractivity contribution < 1.29 is 29.3 Å². The lowest BCUT2D eigenvalue weighted by Gasteiger charge is -2.60. The van der Waals surface area contributed by atoms with Crippen molar-refractivity contribution in [1.82, 2.24) is 0 Å². The van der Waals surface area contributed by atoms with Gasteiger partial charge in [-0.2, -0.15) is 0 Å². The zero-order chi connectivity index (χ0) is 20.8. The number of oxime groups is 1. The summed E-state index contributed by atoms with van der Waals surface area (Å²) >= 11 is 0. The Kier molecular flexibility index (Phi) is 3.99. The quantitative estimate of drug-likeness (QED) is 0.465. The van der Waals surface area contributed by atoms with E-state index in [4.69, 9.17) is 18.9 Å². The molecule has 30 heavy (non-hydrogen) atoms. The molecule has 164 valence electrons. The van der Waals surface area contributed by atoms with Crippen molar-refractivity contribution in [2.45, 2.75) is 63.4 Å². The molecule has 4 aliphatic carbocycles. The van der Waals surface area contributed by atoms with Crippen molar-refractivity contribution in [2.75, 3.05) is 20.2 Å². The average molecular weight is 418 g/mol. The molecule has 5 unspecified atom stereocenters. The van der Waals surface area contributed by atoms with Crippen LogP contribution in [0.3, 0.4) is 0 Å². The molecule has 2 heterocycles. The molecule has 8 atom stereocenters. The highest BCUT2D eigenvalue weighted by atomic mass is 16.9. The van der Waals surface area contributed by atoms with E-state index in [0.29, 0.717) is 30.6 Å². The van der Waals surface area contributed by atoms with Crippen molar-refractivity contribution in [2.24, 2.45) is 33.7 Å². The highest BCUT2D eigenvalue weighted by Crippen LogP contribution is 2.71. The zero-order valence-corrected chi connectivity index (χ0v) is 17.7. The molecule has 0 aromatic rings. The summed E-state index contributed by atoms with van der Waals surface area (Å²) in [7, 11) is 0. The lowest BCUT2D eigenvalue weighted by molar-refractivity contribution is -0.256. The van der Waals surface area contributed by atoms with Crippen LogP contribution in [0.25, 0.3) is 0 Å². The van der Waals surface area contributed by atoms with Gasteiger partial charge in [-0.3, -0.25) is 0 Å². The fourth-order valence-corrected chi connectivity index (χ4v) is 8.37. The highest BCUT2D eigenvalue weighted by molar-refractivity contribution is 6.05. The van der Waals surface area contributed by atoms with Crippen LogP contribution in [0.15, 0.2) is 29.0 Å². The molecular weight excluding hydrogens is 386 g/mol. The molecule has 5 fully saturated rings. The lowest BCUT2D eigenvalue weighted by Crippen LogP contribution is -2.66. The SMILES string of the molecule is C[C@]12C=CC(=NO)C=C1CCC1C2C(O)C[C@@]2(C)C1CC[C@@]21OCOC12COCO2. The van der Waals surface area contributed by atoms with E-state index in [1.807, 2.05) is 12.2 Å². The molecule has 2 aliphatic heterocycles. The fraction of sp³-hybridized carbons (Fsp3) is 0.783. The maximum absolute atomic E-state index is 11.6. The monoisotopic (exact) mass is 417 g/mol. The summed E-state index contributed by atoms with van der Waals surface area (Å²) in [5.41, 5.74) is 0.812. The molecule has 7 nitrogen and oxygen atoms in total. The van der Waals surface area contributed by atoms with E-state index < -0.39 is 17.5 Å². The van der Waals surface area contributed by atoms with E-state index >= 15 is 0 Å². The summed E-state index contributed by atoms with van der Waals surface area (Å²) < 4.78 is 24.1. The first-order chi connectivity index (χ1) is 14.4. The molecule has 2 N–H and O–H groups in total. The van der Waals surface area contributed by atoms with Gasteiger partial charge in [-0.25, -0.2) is 0 Å².